The average Bonchev–Trinajstić information content (AvgIpc) is 3.45. The van der Waals surface area contributed by atoms with Gasteiger partial charge in [0.05, 0.1) is 26.5 Å². The van der Waals surface area contributed by atoms with E-state index < -0.39 is 0 Å². The number of amides is 1. The molecular formula is C26H28N4O4S. The second-order valence-corrected chi connectivity index (χ2v) is 9.35. The highest BCUT2D eigenvalue weighted by Gasteiger charge is 2.27. The minimum Gasteiger partial charge on any atom is -0.493 e. The second kappa shape index (κ2) is 10.2. The molecule has 3 heterocycles. The maximum absolute atomic E-state index is 12.9. The van der Waals surface area contributed by atoms with Gasteiger partial charge in [0.15, 0.2) is 17.3 Å². The lowest BCUT2D eigenvalue weighted by Crippen LogP contribution is -2.19. The molecule has 4 aromatic rings. The van der Waals surface area contributed by atoms with Crippen molar-refractivity contribution < 1.29 is 18.7 Å². The predicted octanol–water partition coefficient (Wildman–Crippen LogP) is 5.84. The van der Waals surface area contributed by atoms with E-state index in [0.717, 1.165) is 38.0 Å². The van der Waals surface area contributed by atoms with Crippen molar-refractivity contribution in [2.24, 2.45) is 0 Å². The standard InChI is InChI=1S/C26H28N4O4S/c1-14-12-15(2)28-26(27-14)29-23(18-9-10-19(32-5)21(13-18)33-6)22-16(3)17(4)35-25(22)30-24(31)20-8-7-11-34-20/h7-13,23H,1-6H3,(H,30,31)(H,27,28,29)/t23-/m1/s1. The Bertz CT molecular complexity index is 1330. The maximum Gasteiger partial charge on any atom is 0.291 e. The number of benzene rings is 1. The summed E-state index contributed by atoms with van der Waals surface area (Å²) in [6.45, 7) is 7.94. The van der Waals surface area contributed by atoms with Crippen LogP contribution in [0.5, 0.6) is 11.5 Å². The predicted molar refractivity (Wildman–Crippen MR) is 137 cm³/mol. The molecular weight excluding hydrogens is 464 g/mol. The third-order valence-electron chi connectivity index (χ3n) is 5.69. The van der Waals surface area contributed by atoms with Crippen LogP contribution in [0.1, 0.15) is 49.6 Å². The smallest absolute Gasteiger partial charge is 0.291 e. The number of anilines is 2. The van der Waals surface area contributed by atoms with Crippen LogP contribution >= 0.6 is 11.3 Å². The van der Waals surface area contributed by atoms with Crippen molar-refractivity contribution in [2.45, 2.75) is 33.7 Å². The van der Waals surface area contributed by atoms with Crippen LogP contribution in [-0.2, 0) is 0 Å². The SMILES string of the molecule is COc1ccc([C@@H](Nc2nc(C)cc(C)n2)c2c(NC(=O)c3ccco3)sc(C)c2C)cc1OC. The van der Waals surface area contributed by atoms with Gasteiger partial charge in [0.25, 0.3) is 5.91 Å². The first-order valence-electron chi connectivity index (χ1n) is 11.1. The molecule has 0 aliphatic rings. The minimum atomic E-state index is -0.382. The number of aryl methyl sites for hydroxylation is 3. The normalized spacial score (nSPS) is 11.7. The molecule has 3 aromatic heterocycles. The fourth-order valence-corrected chi connectivity index (χ4v) is 5.03. The molecule has 0 saturated heterocycles. The van der Waals surface area contributed by atoms with Crippen molar-refractivity contribution >= 4 is 28.2 Å². The van der Waals surface area contributed by atoms with E-state index in [-0.39, 0.29) is 17.7 Å². The van der Waals surface area contributed by atoms with Gasteiger partial charge in [0.2, 0.25) is 5.95 Å². The molecule has 1 atom stereocenters. The van der Waals surface area contributed by atoms with Crippen LogP contribution in [0.25, 0.3) is 0 Å². The number of methoxy groups -OCH3 is 2. The van der Waals surface area contributed by atoms with Crippen molar-refractivity contribution in [2.75, 3.05) is 24.9 Å². The summed E-state index contributed by atoms with van der Waals surface area (Å²) >= 11 is 1.51. The molecule has 0 saturated carbocycles. The third kappa shape index (κ3) is 5.14. The van der Waals surface area contributed by atoms with E-state index in [4.69, 9.17) is 13.9 Å². The van der Waals surface area contributed by atoms with Gasteiger partial charge in [0, 0.05) is 21.8 Å². The van der Waals surface area contributed by atoms with E-state index in [1.165, 1.54) is 17.6 Å². The van der Waals surface area contributed by atoms with Crippen LogP contribution in [0.2, 0.25) is 0 Å². The van der Waals surface area contributed by atoms with E-state index in [0.29, 0.717) is 17.4 Å². The lowest BCUT2D eigenvalue weighted by atomic mass is 9.96. The number of hydrogen-bond donors (Lipinski definition) is 2. The quantitative estimate of drug-likeness (QED) is 0.319. The molecule has 0 unspecified atom stereocenters. The van der Waals surface area contributed by atoms with Gasteiger partial charge in [-0.1, -0.05) is 6.07 Å². The fourth-order valence-electron chi connectivity index (χ4n) is 3.93. The van der Waals surface area contributed by atoms with E-state index in [1.807, 2.05) is 52.0 Å². The van der Waals surface area contributed by atoms with Crippen molar-refractivity contribution in [3.05, 3.63) is 81.4 Å². The Morgan fingerprint density at radius 1 is 1.00 bits per heavy atom. The highest BCUT2D eigenvalue weighted by atomic mass is 32.1. The van der Waals surface area contributed by atoms with E-state index in [9.17, 15) is 4.79 Å². The van der Waals surface area contributed by atoms with Crippen LogP contribution in [0, 0.1) is 27.7 Å². The molecule has 1 aromatic carbocycles. The fraction of sp³-hybridized carbons (Fsp3) is 0.269. The van der Waals surface area contributed by atoms with Crippen molar-refractivity contribution in [3.63, 3.8) is 0 Å². The van der Waals surface area contributed by atoms with Crippen LogP contribution < -0.4 is 20.1 Å². The number of carbonyl (C=O) groups is 1. The lowest BCUT2D eigenvalue weighted by molar-refractivity contribution is 0.0997. The Labute approximate surface area is 208 Å². The van der Waals surface area contributed by atoms with Crippen molar-refractivity contribution in [3.8, 4) is 11.5 Å². The zero-order valence-corrected chi connectivity index (χ0v) is 21.4. The molecule has 1 amide bonds. The molecule has 35 heavy (non-hydrogen) atoms. The summed E-state index contributed by atoms with van der Waals surface area (Å²) in [6.07, 6.45) is 1.48. The van der Waals surface area contributed by atoms with Crippen LogP contribution in [0.15, 0.2) is 47.1 Å². The molecule has 9 heteroatoms. The van der Waals surface area contributed by atoms with Gasteiger partial charge in [-0.15, -0.1) is 11.3 Å². The van der Waals surface area contributed by atoms with Crippen LogP contribution in [-0.4, -0.2) is 30.1 Å². The Morgan fingerprint density at radius 2 is 1.71 bits per heavy atom. The summed E-state index contributed by atoms with van der Waals surface area (Å²) < 4.78 is 16.3. The summed E-state index contributed by atoms with van der Waals surface area (Å²) in [5.74, 6) is 1.65. The average molecular weight is 493 g/mol. The topological polar surface area (TPSA) is 98.5 Å². The summed E-state index contributed by atoms with van der Waals surface area (Å²) in [6, 6.07) is 10.6. The number of carbonyl (C=O) groups excluding carboxylic acids is 1. The van der Waals surface area contributed by atoms with E-state index >= 15 is 0 Å². The Hall–Kier alpha value is -3.85. The zero-order chi connectivity index (χ0) is 25.1. The lowest BCUT2D eigenvalue weighted by Gasteiger charge is -2.23. The van der Waals surface area contributed by atoms with Gasteiger partial charge in [-0.2, -0.15) is 0 Å². The molecule has 4 rings (SSSR count). The van der Waals surface area contributed by atoms with Gasteiger partial charge in [-0.3, -0.25) is 4.79 Å². The molecule has 0 bridgehead atoms. The van der Waals surface area contributed by atoms with Gasteiger partial charge in [-0.05, 0) is 69.2 Å². The van der Waals surface area contributed by atoms with Gasteiger partial charge < -0.3 is 24.5 Å². The first kappa shape index (κ1) is 24.3. The number of ether oxygens (including phenoxy) is 2. The number of rotatable bonds is 8. The van der Waals surface area contributed by atoms with Crippen molar-refractivity contribution in [1.82, 2.24) is 9.97 Å². The monoisotopic (exact) mass is 492 g/mol. The minimum absolute atomic E-state index is 0.243. The summed E-state index contributed by atoms with van der Waals surface area (Å²) in [5, 5.41) is 7.25. The van der Waals surface area contributed by atoms with Crippen LogP contribution in [0.4, 0.5) is 10.9 Å². The number of hydrogen-bond acceptors (Lipinski definition) is 8. The number of thiophene rings is 1. The molecule has 8 nitrogen and oxygen atoms in total. The number of furan rings is 1. The molecule has 0 spiro atoms. The Morgan fingerprint density at radius 3 is 2.34 bits per heavy atom. The molecule has 0 aliphatic carbocycles. The molecule has 0 fully saturated rings. The van der Waals surface area contributed by atoms with Gasteiger partial charge in [-0.25, -0.2) is 9.97 Å². The van der Waals surface area contributed by atoms with E-state index in [2.05, 4.69) is 20.6 Å². The third-order valence-corrected chi connectivity index (χ3v) is 6.83. The molecule has 0 radical (unpaired) electrons. The summed E-state index contributed by atoms with van der Waals surface area (Å²) in [5.41, 5.74) is 4.59. The highest BCUT2D eigenvalue weighted by Crippen LogP contribution is 2.42. The summed E-state index contributed by atoms with van der Waals surface area (Å²) in [4.78, 5) is 23.1. The molecule has 2 N–H and O–H groups in total. The summed E-state index contributed by atoms with van der Waals surface area (Å²) in [7, 11) is 3.21. The van der Waals surface area contributed by atoms with Crippen molar-refractivity contribution in [1.29, 1.82) is 0 Å². The van der Waals surface area contributed by atoms with Gasteiger partial charge in [0.1, 0.15) is 5.00 Å². The second-order valence-electron chi connectivity index (χ2n) is 8.12. The maximum atomic E-state index is 12.9. The number of aromatic nitrogens is 2. The Kier molecular flexibility index (Phi) is 7.07. The molecule has 0 aliphatic heterocycles. The van der Waals surface area contributed by atoms with E-state index in [1.54, 1.807) is 26.4 Å². The largest absolute Gasteiger partial charge is 0.493 e. The number of nitrogens with one attached hydrogen (secondary N) is 2. The first-order valence-corrected chi connectivity index (χ1v) is 11.9. The number of nitrogens with zero attached hydrogens (tertiary/aromatic N) is 2. The highest BCUT2D eigenvalue weighted by molar-refractivity contribution is 7.16. The first-order chi connectivity index (χ1) is 16.8. The van der Waals surface area contributed by atoms with Crippen LogP contribution in [0.3, 0.4) is 0 Å². The molecule has 182 valence electrons. The van der Waals surface area contributed by atoms with Gasteiger partial charge >= 0.3 is 0 Å². The zero-order valence-electron chi connectivity index (χ0n) is 20.6. The Balaban J connectivity index is 1.84.